The SMILES string of the molecule is C=CCCCC(O)C=CC=CC1=CCCCC1. The molecular weight excluding hydrogens is 208 g/mol. The second kappa shape index (κ2) is 9.00. The molecule has 1 heteroatoms. The summed E-state index contributed by atoms with van der Waals surface area (Å²) in [5.74, 6) is 0. The van der Waals surface area contributed by atoms with Crippen molar-refractivity contribution in [3.8, 4) is 0 Å². The molecular formula is C16H24O. The average molecular weight is 232 g/mol. The molecule has 0 bridgehead atoms. The maximum Gasteiger partial charge on any atom is 0.0724 e. The number of rotatable bonds is 7. The van der Waals surface area contributed by atoms with Crippen LogP contribution in [-0.4, -0.2) is 11.2 Å². The fourth-order valence-electron chi connectivity index (χ4n) is 1.95. The van der Waals surface area contributed by atoms with E-state index in [-0.39, 0.29) is 6.10 Å². The lowest BCUT2D eigenvalue weighted by Gasteiger charge is -2.07. The fraction of sp³-hybridized carbons (Fsp3) is 0.500. The van der Waals surface area contributed by atoms with Crippen LogP contribution in [0.5, 0.6) is 0 Å². The molecule has 0 aromatic rings. The van der Waals surface area contributed by atoms with Crippen LogP contribution in [0.15, 0.2) is 48.6 Å². The van der Waals surface area contributed by atoms with E-state index in [0.29, 0.717) is 0 Å². The van der Waals surface area contributed by atoms with Gasteiger partial charge in [-0.25, -0.2) is 0 Å². The Bertz CT molecular complexity index is 297. The molecule has 1 nitrogen and oxygen atoms in total. The van der Waals surface area contributed by atoms with Gasteiger partial charge in [0, 0.05) is 0 Å². The molecule has 17 heavy (non-hydrogen) atoms. The van der Waals surface area contributed by atoms with Crippen LogP contribution in [0.4, 0.5) is 0 Å². The van der Waals surface area contributed by atoms with Gasteiger partial charge in [0.25, 0.3) is 0 Å². The van der Waals surface area contributed by atoms with E-state index < -0.39 is 0 Å². The molecule has 0 amide bonds. The van der Waals surface area contributed by atoms with Gasteiger partial charge in [-0.2, -0.15) is 0 Å². The monoisotopic (exact) mass is 232 g/mol. The molecule has 94 valence electrons. The molecule has 0 aromatic heterocycles. The first-order valence-electron chi connectivity index (χ1n) is 6.66. The quantitative estimate of drug-likeness (QED) is 0.394. The van der Waals surface area contributed by atoms with Gasteiger partial charge >= 0.3 is 0 Å². The van der Waals surface area contributed by atoms with Crippen molar-refractivity contribution in [2.24, 2.45) is 0 Å². The molecule has 1 atom stereocenters. The highest BCUT2D eigenvalue weighted by atomic mass is 16.3. The molecule has 1 rings (SSSR count). The number of hydrogen-bond donors (Lipinski definition) is 1. The molecule has 0 radical (unpaired) electrons. The average Bonchev–Trinajstić information content (AvgIpc) is 2.36. The Balaban J connectivity index is 2.21. The second-order valence-electron chi connectivity index (χ2n) is 4.56. The maximum absolute atomic E-state index is 9.64. The van der Waals surface area contributed by atoms with Crippen molar-refractivity contribution in [1.29, 1.82) is 0 Å². The standard InChI is InChI=1S/C16H24O/c1-2-3-5-13-16(17)14-9-8-12-15-10-6-4-7-11-15/h2,8-10,12,14,16-17H,1,3-7,11,13H2. The Morgan fingerprint density at radius 2 is 2.24 bits per heavy atom. The topological polar surface area (TPSA) is 20.2 Å². The highest BCUT2D eigenvalue weighted by Crippen LogP contribution is 2.17. The van der Waals surface area contributed by atoms with Crippen LogP contribution in [0.25, 0.3) is 0 Å². The third kappa shape index (κ3) is 6.96. The summed E-state index contributed by atoms with van der Waals surface area (Å²) >= 11 is 0. The third-order valence-corrected chi connectivity index (χ3v) is 2.99. The molecule has 0 saturated heterocycles. The van der Waals surface area contributed by atoms with Gasteiger partial charge in [0.05, 0.1) is 6.10 Å². The third-order valence-electron chi connectivity index (χ3n) is 2.99. The molecule has 0 aliphatic heterocycles. The first-order chi connectivity index (χ1) is 8.33. The summed E-state index contributed by atoms with van der Waals surface area (Å²) in [4.78, 5) is 0. The second-order valence-corrected chi connectivity index (χ2v) is 4.56. The Labute approximate surface area is 105 Å². The van der Waals surface area contributed by atoms with Gasteiger partial charge in [-0.1, -0.05) is 42.0 Å². The van der Waals surface area contributed by atoms with Crippen molar-refractivity contribution >= 4 is 0 Å². The van der Waals surface area contributed by atoms with Gasteiger partial charge in [0.15, 0.2) is 0 Å². The van der Waals surface area contributed by atoms with Gasteiger partial charge in [-0.3, -0.25) is 0 Å². The van der Waals surface area contributed by atoms with E-state index >= 15 is 0 Å². The molecule has 0 aromatic carbocycles. The summed E-state index contributed by atoms with van der Waals surface area (Å²) in [5.41, 5.74) is 1.43. The van der Waals surface area contributed by atoms with Crippen LogP contribution >= 0.6 is 0 Å². The first-order valence-corrected chi connectivity index (χ1v) is 6.66. The summed E-state index contributed by atoms with van der Waals surface area (Å²) in [5, 5.41) is 9.64. The molecule has 0 saturated carbocycles. The van der Waals surface area contributed by atoms with Gasteiger partial charge in [0.2, 0.25) is 0 Å². The van der Waals surface area contributed by atoms with Crippen LogP contribution in [-0.2, 0) is 0 Å². The summed E-state index contributed by atoms with van der Waals surface area (Å²) < 4.78 is 0. The highest BCUT2D eigenvalue weighted by molar-refractivity contribution is 5.23. The fourth-order valence-corrected chi connectivity index (χ4v) is 1.95. The van der Waals surface area contributed by atoms with Crippen molar-refractivity contribution in [1.82, 2.24) is 0 Å². The zero-order chi connectivity index (χ0) is 12.3. The smallest absolute Gasteiger partial charge is 0.0724 e. The number of allylic oxidation sites excluding steroid dienone is 6. The summed E-state index contributed by atoms with van der Waals surface area (Å²) in [6.45, 7) is 3.67. The Morgan fingerprint density at radius 1 is 1.35 bits per heavy atom. The Kier molecular flexibility index (Phi) is 7.40. The normalized spacial score (nSPS) is 18.5. The first kappa shape index (κ1) is 14.0. The molecule has 0 spiro atoms. The minimum absolute atomic E-state index is 0.320. The van der Waals surface area contributed by atoms with E-state index in [4.69, 9.17) is 0 Å². The molecule has 1 unspecified atom stereocenters. The van der Waals surface area contributed by atoms with E-state index in [2.05, 4.69) is 18.7 Å². The van der Waals surface area contributed by atoms with E-state index in [1.807, 2.05) is 24.3 Å². The van der Waals surface area contributed by atoms with E-state index in [0.717, 1.165) is 19.3 Å². The highest BCUT2D eigenvalue weighted by Gasteiger charge is 1.99. The molecule has 0 fully saturated rings. The van der Waals surface area contributed by atoms with Crippen molar-refractivity contribution in [3.05, 3.63) is 48.6 Å². The lowest BCUT2D eigenvalue weighted by molar-refractivity contribution is 0.210. The minimum atomic E-state index is -0.320. The summed E-state index contributed by atoms with van der Waals surface area (Å²) in [6.07, 6.45) is 19.8. The predicted molar refractivity (Wildman–Crippen MR) is 74.9 cm³/mol. The Hall–Kier alpha value is -1.08. The predicted octanol–water partition coefficient (Wildman–Crippen LogP) is 4.32. The van der Waals surface area contributed by atoms with Crippen molar-refractivity contribution in [2.45, 2.75) is 51.0 Å². The zero-order valence-electron chi connectivity index (χ0n) is 10.6. The van der Waals surface area contributed by atoms with Crippen LogP contribution in [0.3, 0.4) is 0 Å². The number of aliphatic hydroxyl groups excluding tert-OH is 1. The minimum Gasteiger partial charge on any atom is -0.389 e. The number of unbranched alkanes of at least 4 members (excludes halogenated alkanes) is 1. The van der Waals surface area contributed by atoms with Gasteiger partial charge in [0.1, 0.15) is 0 Å². The van der Waals surface area contributed by atoms with Crippen LogP contribution in [0.1, 0.15) is 44.9 Å². The maximum atomic E-state index is 9.64. The lowest BCUT2D eigenvalue weighted by Crippen LogP contribution is -2.00. The van der Waals surface area contributed by atoms with E-state index in [1.165, 1.54) is 31.3 Å². The lowest BCUT2D eigenvalue weighted by atomic mass is 9.99. The van der Waals surface area contributed by atoms with Gasteiger partial charge < -0.3 is 5.11 Å². The van der Waals surface area contributed by atoms with Gasteiger partial charge in [-0.15, -0.1) is 6.58 Å². The molecule has 1 N–H and O–H groups in total. The van der Waals surface area contributed by atoms with Crippen molar-refractivity contribution < 1.29 is 5.11 Å². The number of aliphatic hydroxyl groups is 1. The largest absolute Gasteiger partial charge is 0.389 e. The molecule has 1 aliphatic rings. The van der Waals surface area contributed by atoms with Crippen LogP contribution < -0.4 is 0 Å². The van der Waals surface area contributed by atoms with E-state index in [1.54, 1.807) is 0 Å². The summed E-state index contributed by atoms with van der Waals surface area (Å²) in [7, 11) is 0. The molecule has 1 aliphatic carbocycles. The number of hydrogen-bond acceptors (Lipinski definition) is 1. The molecule has 0 heterocycles. The van der Waals surface area contributed by atoms with E-state index in [9.17, 15) is 5.11 Å². The van der Waals surface area contributed by atoms with Crippen molar-refractivity contribution in [2.75, 3.05) is 0 Å². The van der Waals surface area contributed by atoms with Gasteiger partial charge in [-0.05, 0) is 44.9 Å². The Morgan fingerprint density at radius 3 is 2.94 bits per heavy atom. The zero-order valence-corrected chi connectivity index (χ0v) is 10.6. The van der Waals surface area contributed by atoms with Crippen molar-refractivity contribution in [3.63, 3.8) is 0 Å². The van der Waals surface area contributed by atoms with Crippen LogP contribution in [0, 0.1) is 0 Å². The summed E-state index contributed by atoms with van der Waals surface area (Å²) in [6, 6.07) is 0. The van der Waals surface area contributed by atoms with Crippen LogP contribution in [0.2, 0.25) is 0 Å².